The average Bonchev–Trinajstić information content (AvgIpc) is 2.39. The van der Waals surface area contributed by atoms with E-state index in [-0.39, 0.29) is 0 Å². The number of ether oxygens (including phenoxy) is 1. The van der Waals surface area contributed by atoms with Crippen LogP contribution in [0.2, 0.25) is 0 Å². The third kappa shape index (κ3) is 2.83. The first-order valence-corrected chi connectivity index (χ1v) is 6.83. The van der Waals surface area contributed by atoms with E-state index in [1.165, 1.54) is 12.8 Å². The Kier molecular flexibility index (Phi) is 4.36. The minimum atomic E-state index is 0.438. The van der Waals surface area contributed by atoms with Gasteiger partial charge in [0.1, 0.15) is 0 Å². The number of alkyl halides is 1. The SMILES string of the molecule is CC(c1ccccn1)C(Br)C1CCCOC1. The quantitative estimate of drug-likeness (QED) is 0.794. The van der Waals surface area contributed by atoms with Crippen molar-refractivity contribution in [1.29, 1.82) is 0 Å². The molecular weight excluding hydrogens is 266 g/mol. The molecule has 1 aliphatic heterocycles. The smallest absolute Gasteiger partial charge is 0.0505 e. The van der Waals surface area contributed by atoms with Crippen LogP contribution >= 0.6 is 15.9 Å². The maximum atomic E-state index is 5.54. The normalized spacial score (nSPS) is 25.0. The maximum Gasteiger partial charge on any atom is 0.0505 e. The second kappa shape index (κ2) is 5.78. The lowest BCUT2D eigenvalue weighted by Crippen LogP contribution is -2.29. The molecule has 0 aliphatic carbocycles. The van der Waals surface area contributed by atoms with E-state index in [1.54, 1.807) is 0 Å². The lowest BCUT2D eigenvalue weighted by molar-refractivity contribution is 0.0526. The van der Waals surface area contributed by atoms with E-state index in [2.05, 4.69) is 40.0 Å². The van der Waals surface area contributed by atoms with Crippen LogP contribution in [0.3, 0.4) is 0 Å². The van der Waals surface area contributed by atoms with Gasteiger partial charge in [0.2, 0.25) is 0 Å². The van der Waals surface area contributed by atoms with Crippen molar-refractivity contribution in [3.63, 3.8) is 0 Å². The lowest BCUT2D eigenvalue weighted by Gasteiger charge is -2.30. The van der Waals surface area contributed by atoms with E-state index in [1.807, 2.05) is 12.3 Å². The number of hydrogen-bond donors (Lipinski definition) is 0. The van der Waals surface area contributed by atoms with Crippen LogP contribution in [0.15, 0.2) is 24.4 Å². The predicted octanol–water partition coefficient (Wildman–Crippen LogP) is 3.38. The largest absolute Gasteiger partial charge is 0.381 e. The Labute approximate surface area is 106 Å². The Bertz CT molecular complexity index is 311. The predicted molar refractivity (Wildman–Crippen MR) is 68.9 cm³/mol. The molecule has 0 spiro atoms. The Morgan fingerprint density at radius 2 is 2.38 bits per heavy atom. The topological polar surface area (TPSA) is 22.1 Å². The van der Waals surface area contributed by atoms with Gasteiger partial charge in [-0.15, -0.1) is 0 Å². The summed E-state index contributed by atoms with van der Waals surface area (Å²) in [4.78, 5) is 4.88. The standard InChI is InChI=1S/C13H18BrNO/c1-10(12-6-2-3-7-15-12)13(14)11-5-4-8-16-9-11/h2-3,6-7,10-11,13H,4-5,8-9H2,1H3. The van der Waals surface area contributed by atoms with Crippen LogP contribution < -0.4 is 0 Å². The highest BCUT2D eigenvalue weighted by molar-refractivity contribution is 9.09. The van der Waals surface area contributed by atoms with Crippen molar-refractivity contribution in [3.8, 4) is 0 Å². The summed E-state index contributed by atoms with van der Waals surface area (Å²) in [6.45, 7) is 4.04. The summed E-state index contributed by atoms with van der Waals surface area (Å²) in [6.07, 6.45) is 4.30. The van der Waals surface area contributed by atoms with Gasteiger partial charge in [-0.2, -0.15) is 0 Å². The molecule has 0 saturated carbocycles. The first-order chi connectivity index (χ1) is 7.79. The molecule has 2 rings (SSSR count). The molecule has 0 amide bonds. The molecule has 3 atom stereocenters. The van der Waals surface area contributed by atoms with Crippen LogP contribution in [-0.4, -0.2) is 23.0 Å². The molecule has 3 heteroatoms. The summed E-state index contributed by atoms with van der Waals surface area (Å²) >= 11 is 3.82. The highest BCUT2D eigenvalue weighted by atomic mass is 79.9. The van der Waals surface area contributed by atoms with Crippen LogP contribution in [0.1, 0.15) is 31.4 Å². The van der Waals surface area contributed by atoms with Gasteiger partial charge in [0.15, 0.2) is 0 Å². The zero-order chi connectivity index (χ0) is 11.4. The van der Waals surface area contributed by atoms with Gasteiger partial charge in [-0.1, -0.05) is 28.9 Å². The summed E-state index contributed by atoms with van der Waals surface area (Å²) in [5.74, 6) is 1.05. The van der Waals surface area contributed by atoms with E-state index in [0.717, 1.165) is 18.9 Å². The van der Waals surface area contributed by atoms with Gasteiger partial charge in [0, 0.05) is 29.2 Å². The molecule has 1 fully saturated rings. The Morgan fingerprint density at radius 3 is 3.00 bits per heavy atom. The number of halogens is 1. The molecule has 0 aromatic carbocycles. The molecule has 2 heterocycles. The van der Waals surface area contributed by atoms with Gasteiger partial charge in [-0.25, -0.2) is 0 Å². The highest BCUT2D eigenvalue weighted by Gasteiger charge is 2.27. The molecule has 3 unspecified atom stereocenters. The number of pyridine rings is 1. The molecule has 1 aromatic heterocycles. The van der Waals surface area contributed by atoms with Crippen molar-refractivity contribution in [2.24, 2.45) is 5.92 Å². The van der Waals surface area contributed by atoms with Crippen molar-refractivity contribution < 1.29 is 4.74 Å². The van der Waals surface area contributed by atoms with E-state index in [0.29, 0.717) is 16.7 Å². The molecular formula is C13H18BrNO. The lowest BCUT2D eigenvalue weighted by atomic mass is 9.89. The number of nitrogens with zero attached hydrogens (tertiary/aromatic N) is 1. The summed E-state index contributed by atoms with van der Waals surface area (Å²) in [7, 11) is 0. The van der Waals surface area contributed by atoms with E-state index >= 15 is 0 Å². The summed E-state index contributed by atoms with van der Waals surface area (Å²) in [5, 5.41) is 0. The van der Waals surface area contributed by atoms with Crippen molar-refractivity contribution in [3.05, 3.63) is 30.1 Å². The van der Waals surface area contributed by atoms with Crippen LogP contribution in [0.4, 0.5) is 0 Å². The second-order valence-electron chi connectivity index (χ2n) is 4.46. The van der Waals surface area contributed by atoms with Crippen LogP contribution in [0, 0.1) is 5.92 Å². The van der Waals surface area contributed by atoms with E-state index in [4.69, 9.17) is 4.74 Å². The molecule has 1 aliphatic rings. The molecule has 1 aromatic rings. The monoisotopic (exact) mass is 283 g/mol. The first kappa shape index (κ1) is 12.1. The minimum Gasteiger partial charge on any atom is -0.381 e. The summed E-state index contributed by atoms with van der Waals surface area (Å²) in [6, 6.07) is 6.11. The molecule has 0 N–H and O–H groups in total. The second-order valence-corrected chi connectivity index (χ2v) is 5.52. The third-order valence-electron chi connectivity index (χ3n) is 3.28. The Hall–Kier alpha value is -0.410. The summed E-state index contributed by atoms with van der Waals surface area (Å²) < 4.78 is 5.54. The van der Waals surface area contributed by atoms with Crippen molar-refractivity contribution in [2.45, 2.75) is 30.5 Å². The van der Waals surface area contributed by atoms with E-state index < -0.39 is 0 Å². The number of rotatable bonds is 3. The zero-order valence-corrected chi connectivity index (χ0v) is 11.2. The fourth-order valence-corrected chi connectivity index (χ4v) is 2.92. The zero-order valence-electron chi connectivity index (χ0n) is 9.60. The summed E-state index contributed by atoms with van der Waals surface area (Å²) in [5.41, 5.74) is 1.16. The fourth-order valence-electron chi connectivity index (χ4n) is 2.23. The van der Waals surface area contributed by atoms with Gasteiger partial charge in [0.25, 0.3) is 0 Å². The van der Waals surface area contributed by atoms with Crippen LogP contribution in [-0.2, 0) is 4.74 Å². The molecule has 1 saturated heterocycles. The minimum absolute atomic E-state index is 0.438. The average molecular weight is 284 g/mol. The van der Waals surface area contributed by atoms with Gasteiger partial charge in [-0.3, -0.25) is 4.98 Å². The van der Waals surface area contributed by atoms with Crippen molar-refractivity contribution >= 4 is 15.9 Å². The van der Waals surface area contributed by atoms with Gasteiger partial charge in [-0.05, 0) is 30.9 Å². The fraction of sp³-hybridized carbons (Fsp3) is 0.615. The molecule has 88 valence electrons. The van der Waals surface area contributed by atoms with Crippen molar-refractivity contribution in [2.75, 3.05) is 13.2 Å². The first-order valence-electron chi connectivity index (χ1n) is 5.92. The Balaban J connectivity index is 2.00. The molecule has 16 heavy (non-hydrogen) atoms. The van der Waals surface area contributed by atoms with Gasteiger partial charge in [0.05, 0.1) is 6.61 Å². The Morgan fingerprint density at radius 1 is 1.50 bits per heavy atom. The number of hydrogen-bond acceptors (Lipinski definition) is 2. The number of aromatic nitrogens is 1. The van der Waals surface area contributed by atoms with Gasteiger partial charge >= 0.3 is 0 Å². The molecule has 2 nitrogen and oxygen atoms in total. The third-order valence-corrected chi connectivity index (χ3v) is 4.82. The van der Waals surface area contributed by atoms with Crippen molar-refractivity contribution in [1.82, 2.24) is 4.98 Å². The van der Waals surface area contributed by atoms with Crippen LogP contribution in [0.25, 0.3) is 0 Å². The molecule has 0 radical (unpaired) electrons. The highest BCUT2D eigenvalue weighted by Crippen LogP contribution is 2.33. The molecule has 0 bridgehead atoms. The van der Waals surface area contributed by atoms with E-state index in [9.17, 15) is 0 Å². The van der Waals surface area contributed by atoms with Crippen LogP contribution in [0.5, 0.6) is 0 Å². The maximum absolute atomic E-state index is 5.54. The van der Waals surface area contributed by atoms with Gasteiger partial charge < -0.3 is 4.74 Å².